The van der Waals surface area contributed by atoms with Gasteiger partial charge in [-0.1, -0.05) is 18.2 Å². The largest absolute Gasteiger partial charge is 0.469 e. The SMILES string of the molecule is C=CCN1C[C@@H](C(=O)OC)CC2c3cccc4[nH]c(C=O)c(c34)C[C@H]21. The van der Waals surface area contributed by atoms with Gasteiger partial charge in [0.05, 0.1) is 18.7 Å². The molecule has 0 radical (unpaired) electrons. The maximum Gasteiger partial charge on any atom is 0.309 e. The molecule has 4 rings (SSSR count). The Labute approximate surface area is 146 Å². The number of benzene rings is 1. The van der Waals surface area contributed by atoms with Crippen molar-refractivity contribution in [2.75, 3.05) is 20.2 Å². The van der Waals surface area contributed by atoms with Crippen molar-refractivity contribution >= 4 is 23.2 Å². The van der Waals surface area contributed by atoms with Crippen LogP contribution < -0.4 is 0 Å². The highest BCUT2D eigenvalue weighted by molar-refractivity contribution is 5.95. The summed E-state index contributed by atoms with van der Waals surface area (Å²) in [4.78, 5) is 29.3. The lowest BCUT2D eigenvalue weighted by atomic mass is 9.72. The lowest BCUT2D eigenvalue weighted by Crippen LogP contribution is -2.51. The third kappa shape index (κ3) is 2.42. The Balaban J connectivity index is 1.84. The van der Waals surface area contributed by atoms with E-state index in [0.29, 0.717) is 12.2 Å². The van der Waals surface area contributed by atoms with Crippen LogP contribution in [0.1, 0.15) is 34.0 Å². The van der Waals surface area contributed by atoms with Gasteiger partial charge in [0.2, 0.25) is 0 Å². The van der Waals surface area contributed by atoms with Crippen LogP contribution in [0.3, 0.4) is 0 Å². The fraction of sp³-hybridized carbons (Fsp3) is 0.400. The van der Waals surface area contributed by atoms with Crippen LogP contribution >= 0.6 is 0 Å². The molecule has 0 amide bonds. The predicted molar refractivity (Wildman–Crippen MR) is 95.8 cm³/mol. The van der Waals surface area contributed by atoms with Gasteiger partial charge in [-0.05, 0) is 30.0 Å². The molecule has 1 N–H and O–H groups in total. The molecule has 2 heterocycles. The monoisotopic (exact) mass is 338 g/mol. The highest BCUT2D eigenvalue weighted by Gasteiger charge is 2.43. The molecule has 5 nitrogen and oxygen atoms in total. The maximum atomic E-state index is 12.2. The van der Waals surface area contributed by atoms with Gasteiger partial charge >= 0.3 is 5.97 Å². The topological polar surface area (TPSA) is 62.4 Å². The molecule has 25 heavy (non-hydrogen) atoms. The summed E-state index contributed by atoms with van der Waals surface area (Å²) in [5.41, 5.74) is 4.02. The molecule has 1 fully saturated rings. The number of aromatic amines is 1. The summed E-state index contributed by atoms with van der Waals surface area (Å²) in [5.74, 6) is -0.0232. The minimum absolute atomic E-state index is 0.132. The number of aromatic nitrogens is 1. The molecule has 1 aromatic carbocycles. The van der Waals surface area contributed by atoms with Crippen molar-refractivity contribution in [2.45, 2.75) is 24.8 Å². The number of rotatable bonds is 4. The van der Waals surface area contributed by atoms with Gasteiger partial charge in [0.1, 0.15) is 0 Å². The van der Waals surface area contributed by atoms with Gasteiger partial charge in [0.25, 0.3) is 0 Å². The van der Waals surface area contributed by atoms with Crippen LogP contribution in [-0.4, -0.2) is 48.4 Å². The number of ether oxygens (including phenoxy) is 1. The zero-order chi connectivity index (χ0) is 17.6. The molecule has 1 saturated heterocycles. The van der Waals surface area contributed by atoms with Crippen molar-refractivity contribution in [3.8, 4) is 0 Å². The predicted octanol–water partition coefficient (Wildman–Crippen LogP) is 2.67. The van der Waals surface area contributed by atoms with E-state index in [9.17, 15) is 9.59 Å². The van der Waals surface area contributed by atoms with Crippen molar-refractivity contribution in [3.63, 3.8) is 0 Å². The minimum Gasteiger partial charge on any atom is -0.469 e. The number of H-pyrrole nitrogens is 1. The number of hydrogen-bond donors (Lipinski definition) is 1. The molecule has 3 atom stereocenters. The average molecular weight is 338 g/mol. The Bertz CT molecular complexity index is 854. The second-order valence-corrected chi connectivity index (χ2v) is 6.98. The number of likely N-dealkylation sites (tertiary alicyclic amines) is 1. The van der Waals surface area contributed by atoms with Crippen LogP contribution in [0.25, 0.3) is 10.9 Å². The quantitative estimate of drug-likeness (QED) is 0.529. The highest BCUT2D eigenvalue weighted by Crippen LogP contribution is 2.45. The first-order valence-electron chi connectivity index (χ1n) is 8.69. The first-order valence-corrected chi connectivity index (χ1v) is 8.69. The fourth-order valence-electron chi connectivity index (χ4n) is 4.73. The van der Waals surface area contributed by atoms with Crippen molar-refractivity contribution in [1.82, 2.24) is 9.88 Å². The fourth-order valence-corrected chi connectivity index (χ4v) is 4.73. The molecule has 5 heteroatoms. The third-order valence-electron chi connectivity index (χ3n) is 5.75. The van der Waals surface area contributed by atoms with Gasteiger partial charge in [-0.2, -0.15) is 0 Å². The molecule has 2 aromatic rings. The summed E-state index contributed by atoms with van der Waals surface area (Å²) in [5, 5.41) is 1.16. The van der Waals surface area contributed by atoms with Crippen LogP contribution in [0.15, 0.2) is 30.9 Å². The first kappa shape index (κ1) is 16.1. The Morgan fingerprint density at radius 3 is 3.04 bits per heavy atom. The number of nitrogens with one attached hydrogen (secondary N) is 1. The van der Waals surface area contributed by atoms with E-state index in [-0.39, 0.29) is 23.8 Å². The van der Waals surface area contributed by atoms with E-state index in [1.54, 1.807) is 0 Å². The van der Waals surface area contributed by atoms with Crippen molar-refractivity contribution in [2.24, 2.45) is 5.92 Å². The Morgan fingerprint density at radius 1 is 1.48 bits per heavy atom. The lowest BCUT2D eigenvalue weighted by Gasteiger charge is -2.46. The summed E-state index contributed by atoms with van der Waals surface area (Å²) in [6, 6.07) is 6.44. The second-order valence-electron chi connectivity index (χ2n) is 6.98. The zero-order valence-corrected chi connectivity index (χ0v) is 14.3. The number of esters is 1. The Kier molecular flexibility index (Phi) is 3.96. The number of hydrogen-bond acceptors (Lipinski definition) is 4. The van der Waals surface area contributed by atoms with E-state index in [1.807, 2.05) is 18.2 Å². The number of fused-ring (bicyclic) bond motifs is 2. The molecule has 2 aliphatic rings. The summed E-state index contributed by atoms with van der Waals surface area (Å²) in [6.45, 7) is 5.26. The number of carbonyl (C=O) groups excluding carboxylic acids is 2. The Hall–Kier alpha value is -2.40. The molecule has 0 saturated carbocycles. The van der Waals surface area contributed by atoms with E-state index in [0.717, 1.165) is 42.1 Å². The van der Waals surface area contributed by atoms with Crippen LogP contribution in [-0.2, 0) is 16.0 Å². The number of piperidine rings is 1. The van der Waals surface area contributed by atoms with E-state index in [1.165, 1.54) is 12.7 Å². The molecular formula is C20H22N2O3. The van der Waals surface area contributed by atoms with Crippen LogP contribution in [0.5, 0.6) is 0 Å². The molecule has 1 aliphatic carbocycles. The van der Waals surface area contributed by atoms with Gasteiger partial charge < -0.3 is 9.72 Å². The molecular weight excluding hydrogens is 316 g/mol. The van der Waals surface area contributed by atoms with Gasteiger partial charge in [0, 0.05) is 36.0 Å². The number of nitrogens with zero attached hydrogens (tertiary/aromatic N) is 1. The van der Waals surface area contributed by atoms with Crippen molar-refractivity contribution in [1.29, 1.82) is 0 Å². The highest BCUT2D eigenvalue weighted by atomic mass is 16.5. The number of aldehydes is 1. The van der Waals surface area contributed by atoms with Gasteiger partial charge in [-0.25, -0.2) is 0 Å². The van der Waals surface area contributed by atoms with Gasteiger partial charge in [0.15, 0.2) is 6.29 Å². The lowest BCUT2D eigenvalue weighted by molar-refractivity contribution is -0.148. The van der Waals surface area contributed by atoms with Crippen LogP contribution in [0.4, 0.5) is 0 Å². The molecule has 0 spiro atoms. The zero-order valence-electron chi connectivity index (χ0n) is 14.3. The third-order valence-corrected chi connectivity index (χ3v) is 5.75. The maximum absolute atomic E-state index is 12.2. The standard InChI is InChI=1S/C20H22N2O3/c1-3-7-22-10-12(20(24)25-2)8-14-13-5-4-6-16-19(13)15(9-18(14)22)17(11-23)21-16/h3-6,11-12,14,18,21H,1,7-10H2,2H3/t12-,14?,18+/m0/s1. The van der Waals surface area contributed by atoms with E-state index in [2.05, 4.69) is 22.5 Å². The summed E-state index contributed by atoms with van der Waals surface area (Å²) in [7, 11) is 1.45. The van der Waals surface area contributed by atoms with Crippen molar-refractivity contribution in [3.05, 3.63) is 47.7 Å². The first-order chi connectivity index (χ1) is 12.2. The molecule has 1 aromatic heterocycles. The molecule has 0 bridgehead atoms. The van der Waals surface area contributed by atoms with E-state index in [4.69, 9.17) is 4.74 Å². The van der Waals surface area contributed by atoms with Crippen LogP contribution in [0.2, 0.25) is 0 Å². The number of carbonyl (C=O) groups is 2. The minimum atomic E-state index is -0.145. The van der Waals surface area contributed by atoms with E-state index < -0.39 is 0 Å². The Morgan fingerprint density at radius 2 is 2.32 bits per heavy atom. The van der Waals surface area contributed by atoms with Gasteiger partial charge in [-0.15, -0.1) is 6.58 Å². The number of methoxy groups -OCH3 is 1. The normalized spacial score (nSPS) is 25.4. The summed E-state index contributed by atoms with van der Waals surface area (Å²) < 4.78 is 5.02. The molecule has 1 aliphatic heterocycles. The second kappa shape index (κ2) is 6.15. The van der Waals surface area contributed by atoms with Gasteiger partial charge in [-0.3, -0.25) is 14.5 Å². The molecule has 1 unspecified atom stereocenters. The average Bonchev–Trinajstić information content (AvgIpc) is 3.01. The van der Waals surface area contributed by atoms with Crippen molar-refractivity contribution < 1.29 is 14.3 Å². The smallest absolute Gasteiger partial charge is 0.309 e. The summed E-state index contributed by atoms with van der Waals surface area (Å²) >= 11 is 0. The molecule has 130 valence electrons. The summed E-state index contributed by atoms with van der Waals surface area (Å²) in [6.07, 6.45) is 4.39. The van der Waals surface area contributed by atoms with Crippen LogP contribution in [0, 0.1) is 5.92 Å². The van der Waals surface area contributed by atoms with E-state index >= 15 is 0 Å².